The first-order valence-electron chi connectivity index (χ1n) is 6.99. The molecular weight excluding hydrogens is 226 g/mol. The first kappa shape index (κ1) is 13.7. The smallest absolute Gasteiger partial charge is 0.410 e. The molecular formula is C15H27NO2. The first-order chi connectivity index (χ1) is 8.01. The molecule has 1 aliphatic carbocycles. The monoisotopic (exact) mass is 253 g/mol. The van der Waals surface area contributed by atoms with Crippen molar-refractivity contribution >= 4 is 6.09 Å². The van der Waals surface area contributed by atoms with Crippen LogP contribution in [0.1, 0.15) is 54.4 Å². The molecule has 0 aromatic rings. The summed E-state index contributed by atoms with van der Waals surface area (Å²) in [5.74, 6) is 0.818. The Hall–Kier alpha value is -0.730. The van der Waals surface area contributed by atoms with E-state index in [9.17, 15) is 4.79 Å². The largest absolute Gasteiger partial charge is 0.444 e. The molecule has 2 fully saturated rings. The van der Waals surface area contributed by atoms with E-state index < -0.39 is 0 Å². The van der Waals surface area contributed by atoms with Crippen LogP contribution in [0.3, 0.4) is 0 Å². The Bertz CT molecular complexity index is 334. The van der Waals surface area contributed by atoms with Gasteiger partial charge < -0.3 is 9.64 Å². The van der Waals surface area contributed by atoms with Crippen LogP contribution in [0.2, 0.25) is 0 Å². The van der Waals surface area contributed by atoms with Crippen LogP contribution in [0, 0.1) is 16.7 Å². The van der Waals surface area contributed by atoms with Crippen molar-refractivity contribution in [2.24, 2.45) is 16.7 Å². The fraction of sp³-hybridized carbons (Fsp3) is 0.933. The Morgan fingerprint density at radius 1 is 1.11 bits per heavy atom. The van der Waals surface area contributed by atoms with Crippen molar-refractivity contribution in [3.05, 3.63) is 0 Å². The summed E-state index contributed by atoms with van der Waals surface area (Å²) in [4.78, 5) is 13.7. The highest BCUT2D eigenvalue weighted by Crippen LogP contribution is 2.57. The molecule has 0 radical (unpaired) electrons. The SMILES string of the molecule is CC(C)(C)OC(=O)N1CC2(CC(C(C)(C)C)C2)C1. The molecule has 0 unspecified atom stereocenters. The van der Waals surface area contributed by atoms with Crippen molar-refractivity contribution < 1.29 is 9.53 Å². The van der Waals surface area contributed by atoms with E-state index >= 15 is 0 Å². The van der Waals surface area contributed by atoms with Gasteiger partial charge in [0.15, 0.2) is 0 Å². The van der Waals surface area contributed by atoms with Gasteiger partial charge in [-0.25, -0.2) is 4.79 Å². The van der Waals surface area contributed by atoms with Crippen molar-refractivity contribution in [3.63, 3.8) is 0 Å². The minimum absolute atomic E-state index is 0.146. The highest BCUT2D eigenvalue weighted by atomic mass is 16.6. The Balaban J connectivity index is 1.77. The predicted octanol–water partition coefficient (Wildman–Crippen LogP) is 3.68. The third-order valence-electron chi connectivity index (χ3n) is 4.29. The van der Waals surface area contributed by atoms with Crippen LogP contribution < -0.4 is 0 Å². The van der Waals surface area contributed by atoms with Gasteiger partial charge in [-0.15, -0.1) is 0 Å². The molecule has 104 valence electrons. The highest BCUT2D eigenvalue weighted by molar-refractivity contribution is 5.69. The molecule has 1 saturated heterocycles. The maximum atomic E-state index is 11.9. The fourth-order valence-electron chi connectivity index (χ4n) is 3.08. The topological polar surface area (TPSA) is 29.5 Å². The van der Waals surface area contributed by atoms with Crippen LogP contribution in [0.5, 0.6) is 0 Å². The molecule has 0 aromatic carbocycles. The zero-order valence-electron chi connectivity index (χ0n) is 12.7. The van der Waals surface area contributed by atoms with Crippen molar-refractivity contribution in [1.82, 2.24) is 4.90 Å². The van der Waals surface area contributed by atoms with Crippen molar-refractivity contribution in [2.75, 3.05) is 13.1 Å². The van der Waals surface area contributed by atoms with Gasteiger partial charge in [0, 0.05) is 18.5 Å². The molecule has 2 rings (SSSR count). The Kier molecular flexibility index (Phi) is 2.95. The molecule has 3 nitrogen and oxygen atoms in total. The minimum atomic E-state index is -0.382. The van der Waals surface area contributed by atoms with Gasteiger partial charge >= 0.3 is 6.09 Å². The van der Waals surface area contributed by atoms with E-state index in [0.29, 0.717) is 10.8 Å². The summed E-state index contributed by atoms with van der Waals surface area (Å²) in [6, 6.07) is 0. The second-order valence-corrected chi connectivity index (χ2v) is 8.31. The van der Waals surface area contributed by atoms with Gasteiger partial charge in [-0.3, -0.25) is 0 Å². The van der Waals surface area contributed by atoms with Gasteiger partial charge in [0.05, 0.1) is 0 Å². The summed E-state index contributed by atoms with van der Waals surface area (Å²) in [7, 11) is 0. The molecule has 2 aliphatic rings. The van der Waals surface area contributed by atoms with Crippen LogP contribution in [0.25, 0.3) is 0 Å². The van der Waals surface area contributed by atoms with Crippen LogP contribution in [0.15, 0.2) is 0 Å². The van der Waals surface area contributed by atoms with Gasteiger partial charge in [-0.1, -0.05) is 20.8 Å². The van der Waals surface area contributed by atoms with E-state index in [2.05, 4.69) is 20.8 Å². The number of likely N-dealkylation sites (tertiary alicyclic amines) is 1. The van der Waals surface area contributed by atoms with Crippen LogP contribution in [0.4, 0.5) is 4.79 Å². The number of hydrogen-bond acceptors (Lipinski definition) is 2. The third kappa shape index (κ3) is 2.65. The molecule has 18 heavy (non-hydrogen) atoms. The number of amides is 1. The van der Waals surface area contributed by atoms with E-state index in [1.54, 1.807) is 0 Å². The highest BCUT2D eigenvalue weighted by Gasteiger charge is 2.56. The van der Waals surface area contributed by atoms with Gasteiger partial charge in [-0.2, -0.15) is 0 Å². The van der Waals surface area contributed by atoms with Crippen LogP contribution in [-0.4, -0.2) is 29.7 Å². The van der Waals surface area contributed by atoms with E-state index in [1.807, 2.05) is 25.7 Å². The molecule has 0 N–H and O–H groups in total. The van der Waals surface area contributed by atoms with Gasteiger partial charge in [0.2, 0.25) is 0 Å². The second-order valence-electron chi connectivity index (χ2n) is 8.31. The first-order valence-corrected chi connectivity index (χ1v) is 6.99. The zero-order chi connectivity index (χ0) is 13.8. The van der Waals surface area contributed by atoms with E-state index in [0.717, 1.165) is 19.0 Å². The van der Waals surface area contributed by atoms with E-state index in [4.69, 9.17) is 4.74 Å². The Morgan fingerprint density at radius 2 is 1.61 bits per heavy atom. The maximum Gasteiger partial charge on any atom is 0.410 e. The normalized spacial score (nSPS) is 23.6. The number of carbonyl (C=O) groups excluding carboxylic acids is 1. The average Bonchev–Trinajstić information content (AvgIpc) is 1.90. The van der Waals surface area contributed by atoms with Crippen LogP contribution in [-0.2, 0) is 4.74 Å². The van der Waals surface area contributed by atoms with Gasteiger partial charge in [0.1, 0.15) is 5.60 Å². The molecule has 1 aliphatic heterocycles. The Morgan fingerprint density at radius 3 is 2.00 bits per heavy atom. The standard InChI is InChI=1S/C15H27NO2/c1-13(2,3)11-7-15(8-11)9-16(10-15)12(17)18-14(4,5)6/h11H,7-10H2,1-6H3. The quantitative estimate of drug-likeness (QED) is 0.659. The predicted molar refractivity (Wildman–Crippen MR) is 72.4 cm³/mol. The van der Waals surface area contributed by atoms with E-state index in [-0.39, 0.29) is 11.7 Å². The summed E-state index contributed by atoms with van der Waals surface area (Å²) in [5.41, 5.74) is 0.458. The molecule has 1 spiro atoms. The van der Waals surface area contributed by atoms with E-state index in [1.165, 1.54) is 12.8 Å². The molecule has 0 atom stereocenters. The molecule has 0 bridgehead atoms. The number of hydrogen-bond donors (Lipinski definition) is 0. The summed E-state index contributed by atoms with van der Waals surface area (Å²) < 4.78 is 5.38. The number of nitrogens with zero attached hydrogens (tertiary/aromatic N) is 1. The molecule has 1 heterocycles. The van der Waals surface area contributed by atoms with Gasteiger partial charge in [-0.05, 0) is 44.9 Å². The molecule has 1 amide bonds. The molecule has 0 aromatic heterocycles. The van der Waals surface area contributed by atoms with Gasteiger partial charge in [0.25, 0.3) is 0 Å². The van der Waals surface area contributed by atoms with Crippen molar-refractivity contribution in [1.29, 1.82) is 0 Å². The summed E-state index contributed by atoms with van der Waals surface area (Å²) in [6.07, 6.45) is 2.40. The lowest BCUT2D eigenvalue weighted by Crippen LogP contribution is -2.65. The summed E-state index contributed by atoms with van der Waals surface area (Å²) in [5, 5.41) is 0. The third-order valence-corrected chi connectivity index (χ3v) is 4.29. The lowest BCUT2D eigenvalue weighted by molar-refractivity contribution is -0.119. The summed E-state index contributed by atoms with van der Waals surface area (Å²) >= 11 is 0. The lowest BCUT2D eigenvalue weighted by atomic mass is 9.52. The lowest BCUT2D eigenvalue weighted by Gasteiger charge is -2.61. The number of ether oxygens (including phenoxy) is 1. The minimum Gasteiger partial charge on any atom is -0.444 e. The zero-order valence-corrected chi connectivity index (χ0v) is 12.7. The fourth-order valence-corrected chi connectivity index (χ4v) is 3.08. The average molecular weight is 253 g/mol. The van der Waals surface area contributed by atoms with Crippen molar-refractivity contribution in [3.8, 4) is 0 Å². The maximum absolute atomic E-state index is 11.9. The molecule has 3 heteroatoms. The number of rotatable bonds is 0. The summed E-state index contributed by atoms with van der Waals surface area (Å²) in [6.45, 7) is 14.5. The van der Waals surface area contributed by atoms with Crippen molar-refractivity contribution in [2.45, 2.75) is 60.0 Å². The molecule has 1 saturated carbocycles. The Labute approximate surface area is 111 Å². The van der Waals surface area contributed by atoms with Crippen LogP contribution >= 0.6 is 0 Å². The second kappa shape index (κ2) is 3.88. The number of carbonyl (C=O) groups is 1.